The third-order valence-corrected chi connectivity index (χ3v) is 2.83. The van der Waals surface area contributed by atoms with Crippen molar-refractivity contribution in [1.82, 2.24) is 0 Å². The van der Waals surface area contributed by atoms with Gasteiger partial charge in [0.2, 0.25) is 0 Å². The Morgan fingerprint density at radius 2 is 2.10 bits per heavy atom. The molecule has 0 radical (unpaired) electrons. The molecule has 0 fully saturated rings. The molecule has 2 aromatic carbocycles. The monoisotopic (exact) mass is 302 g/mol. The molecule has 0 aliphatic rings. The van der Waals surface area contributed by atoms with E-state index in [2.05, 4.69) is 5.32 Å². The summed E-state index contributed by atoms with van der Waals surface area (Å²) in [5.41, 5.74) is 0.542. The van der Waals surface area contributed by atoms with Crippen LogP contribution in [0.3, 0.4) is 0 Å². The van der Waals surface area contributed by atoms with Crippen LogP contribution in [0.4, 0.5) is 5.69 Å². The molecule has 0 aliphatic carbocycles. The Hall–Kier alpha value is -2.71. The predicted octanol–water partition coefficient (Wildman–Crippen LogP) is 2.93. The molecule has 0 heterocycles. The Morgan fingerprint density at radius 1 is 1.33 bits per heavy atom. The molecule has 0 saturated heterocycles. The first-order valence-corrected chi connectivity index (χ1v) is 6.38. The number of carbonyl (C=O) groups excluding carboxylic acids is 1. The lowest BCUT2D eigenvalue weighted by Crippen LogP contribution is -2.20. The van der Waals surface area contributed by atoms with Crippen LogP contribution in [0.2, 0.25) is 5.02 Å². The zero-order valence-corrected chi connectivity index (χ0v) is 11.6. The number of phenols is 1. The summed E-state index contributed by atoms with van der Waals surface area (Å²) < 4.78 is 5.28. The van der Waals surface area contributed by atoms with Gasteiger partial charge in [0.1, 0.15) is 17.6 Å². The number of amides is 1. The van der Waals surface area contributed by atoms with E-state index < -0.39 is 5.91 Å². The smallest absolute Gasteiger partial charge is 0.262 e. The fraction of sp³-hybridized carbons (Fsp3) is 0.0667. The summed E-state index contributed by atoms with van der Waals surface area (Å²) in [5.74, 6) is -0.240. The van der Waals surface area contributed by atoms with Crippen molar-refractivity contribution in [2.45, 2.75) is 0 Å². The van der Waals surface area contributed by atoms with E-state index in [1.165, 1.54) is 18.2 Å². The van der Waals surface area contributed by atoms with Gasteiger partial charge < -0.3 is 15.2 Å². The van der Waals surface area contributed by atoms with E-state index in [1.54, 1.807) is 24.3 Å². The third-order valence-electron chi connectivity index (χ3n) is 2.60. The van der Waals surface area contributed by atoms with Gasteiger partial charge in [-0.2, -0.15) is 5.26 Å². The van der Waals surface area contributed by atoms with Crippen molar-refractivity contribution in [3.05, 3.63) is 53.1 Å². The van der Waals surface area contributed by atoms with Crippen molar-refractivity contribution in [3.8, 4) is 17.6 Å². The Balaban J connectivity index is 2.00. The number of halogens is 1. The second kappa shape index (κ2) is 6.64. The van der Waals surface area contributed by atoms with Gasteiger partial charge in [-0.1, -0.05) is 23.7 Å². The zero-order chi connectivity index (χ0) is 15.2. The molecule has 0 bridgehead atoms. The SMILES string of the molecule is N#Cc1ccccc1OCC(=O)Nc1cc(Cl)ccc1O. The Labute approximate surface area is 126 Å². The lowest BCUT2D eigenvalue weighted by Gasteiger charge is -2.09. The summed E-state index contributed by atoms with van der Waals surface area (Å²) in [6.45, 7) is -0.287. The number of para-hydroxylation sites is 1. The van der Waals surface area contributed by atoms with Crippen molar-refractivity contribution >= 4 is 23.2 Å². The maximum Gasteiger partial charge on any atom is 0.262 e. The first kappa shape index (κ1) is 14.7. The van der Waals surface area contributed by atoms with Crippen LogP contribution in [0, 0.1) is 11.3 Å². The number of hydrogen-bond acceptors (Lipinski definition) is 4. The fourth-order valence-electron chi connectivity index (χ4n) is 1.62. The number of aromatic hydroxyl groups is 1. The van der Waals surface area contributed by atoms with Crippen molar-refractivity contribution in [3.63, 3.8) is 0 Å². The van der Waals surface area contributed by atoms with E-state index in [1.807, 2.05) is 6.07 Å². The highest BCUT2D eigenvalue weighted by atomic mass is 35.5. The Morgan fingerprint density at radius 3 is 2.86 bits per heavy atom. The molecule has 2 aromatic rings. The second-order valence-electron chi connectivity index (χ2n) is 4.11. The van der Waals surface area contributed by atoms with Gasteiger partial charge in [-0.3, -0.25) is 4.79 Å². The third kappa shape index (κ3) is 3.88. The summed E-state index contributed by atoms with van der Waals surface area (Å²) in [6, 6.07) is 12.9. The molecule has 0 aromatic heterocycles. The molecule has 0 saturated carbocycles. The fourth-order valence-corrected chi connectivity index (χ4v) is 1.79. The van der Waals surface area contributed by atoms with Crippen LogP contribution in [-0.4, -0.2) is 17.6 Å². The van der Waals surface area contributed by atoms with Gasteiger partial charge in [0.15, 0.2) is 6.61 Å². The van der Waals surface area contributed by atoms with E-state index >= 15 is 0 Å². The highest BCUT2D eigenvalue weighted by Crippen LogP contribution is 2.26. The molecular formula is C15H11ClN2O3. The Bertz CT molecular complexity index is 710. The number of anilines is 1. The molecule has 21 heavy (non-hydrogen) atoms. The van der Waals surface area contributed by atoms with Crippen LogP contribution in [-0.2, 0) is 4.79 Å². The van der Waals surface area contributed by atoms with Crippen molar-refractivity contribution in [1.29, 1.82) is 5.26 Å². The van der Waals surface area contributed by atoms with Crippen molar-refractivity contribution in [2.75, 3.05) is 11.9 Å². The van der Waals surface area contributed by atoms with Gasteiger partial charge in [0, 0.05) is 5.02 Å². The lowest BCUT2D eigenvalue weighted by molar-refractivity contribution is -0.118. The molecule has 5 nitrogen and oxygen atoms in total. The second-order valence-corrected chi connectivity index (χ2v) is 4.54. The van der Waals surface area contributed by atoms with Crippen LogP contribution in [0.1, 0.15) is 5.56 Å². The van der Waals surface area contributed by atoms with Crippen LogP contribution in [0.25, 0.3) is 0 Å². The van der Waals surface area contributed by atoms with Crippen LogP contribution in [0.5, 0.6) is 11.5 Å². The van der Waals surface area contributed by atoms with E-state index in [0.29, 0.717) is 16.3 Å². The number of ether oxygens (including phenoxy) is 1. The van der Waals surface area contributed by atoms with E-state index in [0.717, 1.165) is 0 Å². The number of hydrogen-bond donors (Lipinski definition) is 2. The highest BCUT2D eigenvalue weighted by Gasteiger charge is 2.09. The normalized spacial score (nSPS) is 9.71. The molecule has 0 aliphatic heterocycles. The van der Waals surface area contributed by atoms with Crippen LogP contribution in [0.15, 0.2) is 42.5 Å². The van der Waals surface area contributed by atoms with E-state index in [9.17, 15) is 9.90 Å². The molecule has 2 rings (SSSR count). The van der Waals surface area contributed by atoms with Gasteiger partial charge in [0.05, 0.1) is 11.3 Å². The summed E-state index contributed by atoms with van der Waals surface area (Å²) in [5, 5.41) is 21.4. The average molecular weight is 303 g/mol. The van der Waals surface area contributed by atoms with Gasteiger partial charge in [-0.25, -0.2) is 0 Å². The minimum Gasteiger partial charge on any atom is -0.506 e. The molecule has 0 atom stereocenters. The van der Waals surface area contributed by atoms with Crippen LogP contribution < -0.4 is 10.1 Å². The number of rotatable bonds is 4. The van der Waals surface area contributed by atoms with E-state index in [-0.39, 0.29) is 18.0 Å². The molecule has 0 spiro atoms. The molecule has 1 amide bonds. The molecule has 2 N–H and O–H groups in total. The van der Waals surface area contributed by atoms with Gasteiger partial charge in [-0.05, 0) is 30.3 Å². The largest absolute Gasteiger partial charge is 0.506 e. The number of phenolic OH excluding ortho intramolecular Hbond substituents is 1. The van der Waals surface area contributed by atoms with E-state index in [4.69, 9.17) is 21.6 Å². The quantitative estimate of drug-likeness (QED) is 0.851. The summed E-state index contributed by atoms with van der Waals surface area (Å²) in [4.78, 5) is 11.8. The lowest BCUT2D eigenvalue weighted by atomic mass is 10.2. The van der Waals surface area contributed by atoms with Gasteiger partial charge in [-0.15, -0.1) is 0 Å². The predicted molar refractivity (Wildman–Crippen MR) is 78.4 cm³/mol. The summed E-state index contributed by atoms with van der Waals surface area (Å²) in [7, 11) is 0. The number of nitrogens with zero attached hydrogens (tertiary/aromatic N) is 1. The topological polar surface area (TPSA) is 82.3 Å². The molecule has 106 valence electrons. The van der Waals surface area contributed by atoms with Gasteiger partial charge in [0.25, 0.3) is 5.91 Å². The molecular weight excluding hydrogens is 292 g/mol. The Kier molecular flexibility index (Phi) is 4.64. The average Bonchev–Trinajstić information content (AvgIpc) is 2.49. The van der Waals surface area contributed by atoms with Gasteiger partial charge >= 0.3 is 0 Å². The number of nitrogens with one attached hydrogen (secondary N) is 1. The van der Waals surface area contributed by atoms with Crippen molar-refractivity contribution < 1.29 is 14.6 Å². The highest BCUT2D eigenvalue weighted by molar-refractivity contribution is 6.31. The number of carbonyl (C=O) groups is 1. The standard InChI is InChI=1S/C15H11ClN2O3/c16-11-5-6-13(19)12(7-11)18-15(20)9-21-14-4-2-1-3-10(14)8-17/h1-7,19H,9H2,(H,18,20). The minimum atomic E-state index is -0.472. The summed E-state index contributed by atoms with van der Waals surface area (Å²) >= 11 is 5.78. The molecule has 0 unspecified atom stereocenters. The van der Waals surface area contributed by atoms with Crippen LogP contribution >= 0.6 is 11.6 Å². The molecule has 6 heteroatoms. The first-order valence-electron chi connectivity index (χ1n) is 6.00. The first-order chi connectivity index (χ1) is 10.1. The minimum absolute atomic E-state index is 0.0924. The number of benzene rings is 2. The number of nitriles is 1. The summed E-state index contributed by atoms with van der Waals surface area (Å²) in [6.07, 6.45) is 0. The maximum absolute atomic E-state index is 11.8. The zero-order valence-electron chi connectivity index (χ0n) is 10.8. The van der Waals surface area contributed by atoms with Crippen molar-refractivity contribution in [2.24, 2.45) is 0 Å². The maximum atomic E-state index is 11.8.